The van der Waals surface area contributed by atoms with Gasteiger partial charge in [0, 0.05) is 24.2 Å². The third-order valence-corrected chi connectivity index (χ3v) is 7.15. The van der Waals surface area contributed by atoms with E-state index in [4.69, 9.17) is 0 Å². The van der Waals surface area contributed by atoms with Gasteiger partial charge >= 0.3 is 0 Å². The SMILES string of the molecule is Cc1cc2c(s1)S(=O)(=O)N(C)CC2C(=O)Nc1ccc(F)cc1. The first-order valence-corrected chi connectivity index (χ1v) is 9.18. The van der Waals surface area contributed by atoms with Gasteiger partial charge in [-0.3, -0.25) is 4.79 Å². The van der Waals surface area contributed by atoms with Crippen LogP contribution < -0.4 is 5.32 Å². The third-order valence-electron chi connectivity index (χ3n) is 3.74. The number of amides is 1. The molecule has 1 aliphatic heterocycles. The fraction of sp³-hybridized carbons (Fsp3) is 0.267. The van der Waals surface area contributed by atoms with Crippen LogP contribution in [0, 0.1) is 12.7 Å². The molecule has 1 atom stereocenters. The van der Waals surface area contributed by atoms with Crippen molar-refractivity contribution in [2.24, 2.45) is 0 Å². The molecule has 122 valence electrons. The molecule has 0 saturated carbocycles. The maximum absolute atomic E-state index is 12.9. The molecule has 1 aromatic heterocycles. The van der Waals surface area contributed by atoms with Crippen molar-refractivity contribution in [2.75, 3.05) is 18.9 Å². The highest BCUT2D eigenvalue weighted by Gasteiger charge is 2.39. The minimum absolute atomic E-state index is 0.0819. The molecule has 1 amide bonds. The van der Waals surface area contributed by atoms with E-state index < -0.39 is 15.9 Å². The van der Waals surface area contributed by atoms with Crippen LogP contribution in [0.2, 0.25) is 0 Å². The molecular weight excluding hydrogens is 339 g/mol. The topological polar surface area (TPSA) is 66.5 Å². The van der Waals surface area contributed by atoms with Gasteiger partial charge in [-0.1, -0.05) is 0 Å². The van der Waals surface area contributed by atoms with Crippen LogP contribution in [-0.4, -0.2) is 32.2 Å². The number of carbonyl (C=O) groups is 1. The summed E-state index contributed by atoms with van der Waals surface area (Å²) >= 11 is 1.17. The molecule has 1 N–H and O–H groups in total. The second-order valence-electron chi connectivity index (χ2n) is 5.43. The number of hydrogen-bond donors (Lipinski definition) is 1. The summed E-state index contributed by atoms with van der Waals surface area (Å²) in [5.41, 5.74) is 1.01. The van der Waals surface area contributed by atoms with Gasteiger partial charge in [-0.25, -0.2) is 12.8 Å². The summed E-state index contributed by atoms with van der Waals surface area (Å²) in [6.07, 6.45) is 0. The molecule has 1 aromatic carbocycles. The lowest BCUT2D eigenvalue weighted by Gasteiger charge is -2.28. The number of hydrogen-bond acceptors (Lipinski definition) is 4. The summed E-state index contributed by atoms with van der Waals surface area (Å²) in [7, 11) is -2.06. The average Bonchev–Trinajstić information content (AvgIpc) is 2.88. The Bertz CT molecular complexity index is 859. The molecule has 1 unspecified atom stereocenters. The summed E-state index contributed by atoms with van der Waals surface area (Å²) in [4.78, 5) is 13.4. The monoisotopic (exact) mass is 354 g/mol. The molecule has 2 heterocycles. The first-order valence-electron chi connectivity index (χ1n) is 6.92. The van der Waals surface area contributed by atoms with E-state index >= 15 is 0 Å². The maximum atomic E-state index is 12.9. The average molecular weight is 354 g/mol. The van der Waals surface area contributed by atoms with Crippen molar-refractivity contribution in [2.45, 2.75) is 17.1 Å². The van der Waals surface area contributed by atoms with E-state index in [1.165, 1.54) is 47.0 Å². The standard InChI is InChI=1S/C15H15FN2O3S2/c1-9-7-12-13(8-18(2)23(20,21)15(12)22-9)14(19)17-11-5-3-10(16)4-6-11/h3-7,13H,8H2,1-2H3,(H,17,19). The first kappa shape index (κ1) is 16.1. The maximum Gasteiger partial charge on any atom is 0.252 e. The van der Waals surface area contributed by atoms with Crippen LogP contribution in [0.25, 0.3) is 0 Å². The molecule has 0 aliphatic carbocycles. The second kappa shape index (κ2) is 5.70. The normalized spacial score (nSPS) is 20.0. The van der Waals surface area contributed by atoms with E-state index in [1.807, 2.05) is 6.92 Å². The van der Waals surface area contributed by atoms with Gasteiger partial charge in [-0.2, -0.15) is 4.31 Å². The number of thiophene rings is 1. The number of aryl methyl sites for hydroxylation is 1. The minimum atomic E-state index is -3.52. The predicted molar refractivity (Wildman–Crippen MR) is 86.6 cm³/mol. The van der Waals surface area contributed by atoms with Crippen molar-refractivity contribution in [1.82, 2.24) is 4.31 Å². The molecule has 1 aliphatic rings. The Morgan fingerprint density at radius 1 is 1.35 bits per heavy atom. The van der Waals surface area contributed by atoms with E-state index in [9.17, 15) is 17.6 Å². The van der Waals surface area contributed by atoms with Crippen LogP contribution in [0.4, 0.5) is 10.1 Å². The van der Waals surface area contributed by atoms with Crippen molar-refractivity contribution < 1.29 is 17.6 Å². The molecule has 0 bridgehead atoms. The zero-order chi connectivity index (χ0) is 16.8. The highest BCUT2D eigenvalue weighted by Crippen LogP contribution is 2.39. The lowest BCUT2D eigenvalue weighted by atomic mass is 10.0. The molecule has 3 rings (SSSR count). The fourth-order valence-electron chi connectivity index (χ4n) is 2.54. The lowest BCUT2D eigenvalue weighted by Crippen LogP contribution is -2.40. The Labute approximate surface area is 137 Å². The highest BCUT2D eigenvalue weighted by molar-refractivity contribution is 7.91. The fourth-order valence-corrected chi connectivity index (χ4v) is 5.66. The Balaban J connectivity index is 1.93. The Hall–Kier alpha value is -1.77. The van der Waals surface area contributed by atoms with Crippen molar-refractivity contribution in [3.63, 3.8) is 0 Å². The Morgan fingerprint density at radius 3 is 2.65 bits per heavy atom. The highest BCUT2D eigenvalue weighted by atomic mass is 32.2. The molecule has 23 heavy (non-hydrogen) atoms. The number of fused-ring (bicyclic) bond motifs is 1. The van der Waals surface area contributed by atoms with Crippen LogP contribution in [-0.2, 0) is 14.8 Å². The summed E-state index contributed by atoms with van der Waals surface area (Å²) < 4.78 is 39.0. The molecule has 0 saturated heterocycles. The third kappa shape index (κ3) is 2.89. The van der Waals surface area contributed by atoms with Crippen LogP contribution in [0.3, 0.4) is 0 Å². The smallest absolute Gasteiger partial charge is 0.252 e. The summed E-state index contributed by atoms with van der Waals surface area (Å²) in [5.74, 6) is -1.28. The van der Waals surface area contributed by atoms with Crippen LogP contribution in [0.15, 0.2) is 34.5 Å². The van der Waals surface area contributed by atoms with Gasteiger partial charge in [-0.15, -0.1) is 11.3 Å². The van der Waals surface area contributed by atoms with Crippen molar-refractivity contribution in [3.8, 4) is 0 Å². The molecule has 2 aromatic rings. The second-order valence-corrected chi connectivity index (χ2v) is 8.93. The summed E-state index contributed by atoms with van der Waals surface area (Å²) in [5, 5.41) is 2.71. The number of sulfonamides is 1. The van der Waals surface area contributed by atoms with Crippen LogP contribution >= 0.6 is 11.3 Å². The van der Waals surface area contributed by atoms with E-state index in [2.05, 4.69) is 5.32 Å². The molecule has 0 spiro atoms. The largest absolute Gasteiger partial charge is 0.326 e. The van der Waals surface area contributed by atoms with E-state index in [1.54, 1.807) is 6.07 Å². The quantitative estimate of drug-likeness (QED) is 0.901. The number of likely N-dealkylation sites (N-methyl/N-ethyl adjacent to an activating group) is 1. The molecule has 8 heteroatoms. The first-order chi connectivity index (χ1) is 10.8. The van der Waals surface area contributed by atoms with Crippen LogP contribution in [0.1, 0.15) is 16.4 Å². The number of anilines is 1. The van der Waals surface area contributed by atoms with E-state index in [0.717, 1.165) is 4.88 Å². The van der Waals surface area contributed by atoms with Crippen molar-refractivity contribution in [3.05, 3.63) is 46.6 Å². The van der Waals surface area contributed by atoms with Gasteiger partial charge in [0.05, 0.1) is 5.92 Å². The minimum Gasteiger partial charge on any atom is -0.326 e. The van der Waals surface area contributed by atoms with Crippen molar-refractivity contribution >= 4 is 33.0 Å². The van der Waals surface area contributed by atoms with Gasteiger partial charge < -0.3 is 5.32 Å². The lowest BCUT2D eigenvalue weighted by molar-refractivity contribution is -0.117. The van der Waals surface area contributed by atoms with Gasteiger partial charge in [0.1, 0.15) is 10.0 Å². The number of halogens is 1. The van der Waals surface area contributed by atoms with Crippen molar-refractivity contribution in [1.29, 1.82) is 0 Å². The van der Waals surface area contributed by atoms with Gasteiger partial charge in [0.25, 0.3) is 10.0 Å². The van der Waals surface area contributed by atoms with Gasteiger partial charge in [0.15, 0.2) is 0 Å². The summed E-state index contributed by atoms with van der Waals surface area (Å²) in [6.45, 7) is 1.89. The van der Waals surface area contributed by atoms with Gasteiger partial charge in [0.2, 0.25) is 5.91 Å². The molecular formula is C15H15FN2O3S2. The van der Waals surface area contributed by atoms with Crippen LogP contribution in [0.5, 0.6) is 0 Å². The molecule has 5 nitrogen and oxygen atoms in total. The molecule has 0 radical (unpaired) electrons. The van der Waals surface area contributed by atoms with E-state index in [-0.39, 0.29) is 22.5 Å². The number of carbonyl (C=O) groups excluding carboxylic acids is 1. The number of nitrogens with zero attached hydrogens (tertiary/aromatic N) is 1. The zero-order valence-electron chi connectivity index (χ0n) is 12.5. The Morgan fingerprint density at radius 2 is 2.00 bits per heavy atom. The summed E-state index contributed by atoms with van der Waals surface area (Å²) in [6, 6.07) is 7.20. The Kier molecular flexibility index (Phi) is 3.99. The predicted octanol–water partition coefficient (Wildman–Crippen LogP) is 2.55. The van der Waals surface area contributed by atoms with E-state index in [0.29, 0.717) is 11.3 Å². The number of nitrogens with one attached hydrogen (secondary N) is 1. The van der Waals surface area contributed by atoms with Gasteiger partial charge in [-0.05, 0) is 42.8 Å². The zero-order valence-corrected chi connectivity index (χ0v) is 14.2. The molecule has 0 fully saturated rings. The number of benzene rings is 1. The number of rotatable bonds is 2.